The van der Waals surface area contributed by atoms with Gasteiger partial charge in [0.05, 0.1) is 5.56 Å². The van der Waals surface area contributed by atoms with Gasteiger partial charge in [0.1, 0.15) is 12.4 Å². The number of ether oxygens (including phenoxy) is 1. The average Bonchev–Trinajstić information content (AvgIpc) is 2.38. The number of aromatic carboxylic acids is 1. The first-order valence-corrected chi connectivity index (χ1v) is 6.41. The average molecular weight is 251 g/mol. The summed E-state index contributed by atoms with van der Waals surface area (Å²) in [6.07, 6.45) is 3.65. The van der Waals surface area contributed by atoms with E-state index in [4.69, 9.17) is 9.84 Å². The number of nitrogens with one attached hydrogen (secondary N) is 1. The number of hydrogen-bond acceptors (Lipinski definition) is 3. The molecule has 4 heteroatoms. The zero-order valence-corrected chi connectivity index (χ0v) is 10.8. The fraction of sp³-hybridized carbons (Fsp3) is 0.500. The molecule has 0 aliphatic carbocycles. The molecule has 0 bridgehead atoms. The topological polar surface area (TPSA) is 58.6 Å². The van der Waals surface area contributed by atoms with Gasteiger partial charge < -0.3 is 15.2 Å². The Hall–Kier alpha value is -1.55. The highest BCUT2D eigenvalue weighted by Crippen LogP contribution is 2.12. The van der Waals surface area contributed by atoms with Crippen LogP contribution in [0.2, 0.25) is 0 Å². The summed E-state index contributed by atoms with van der Waals surface area (Å²) in [6.45, 7) is 4.52. The lowest BCUT2D eigenvalue weighted by Gasteiger charge is -2.07. The number of rotatable bonds is 9. The number of carboxylic acid groups (broad SMARTS) is 1. The van der Waals surface area contributed by atoms with E-state index in [0.29, 0.717) is 12.4 Å². The van der Waals surface area contributed by atoms with Crippen LogP contribution < -0.4 is 10.1 Å². The fourth-order valence-electron chi connectivity index (χ4n) is 1.58. The Morgan fingerprint density at radius 3 is 2.89 bits per heavy atom. The maximum absolute atomic E-state index is 10.8. The molecular weight excluding hydrogens is 230 g/mol. The molecule has 0 aliphatic heterocycles. The SMILES string of the molecule is CCCCCNCCOc1cccc(C(=O)O)c1. The van der Waals surface area contributed by atoms with Gasteiger partial charge in [-0.1, -0.05) is 25.8 Å². The Bertz CT molecular complexity index is 366. The highest BCUT2D eigenvalue weighted by Gasteiger charge is 2.03. The van der Waals surface area contributed by atoms with E-state index in [1.54, 1.807) is 24.3 Å². The van der Waals surface area contributed by atoms with E-state index in [1.807, 2.05) is 0 Å². The van der Waals surface area contributed by atoms with E-state index >= 15 is 0 Å². The molecule has 0 aliphatic rings. The molecule has 0 atom stereocenters. The standard InChI is InChI=1S/C14H21NO3/c1-2-3-4-8-15-9-10-18-13-7-5-6-12(11-13)14(16)17/h5-7,11,15H,2-4,8-10H2,1H3,(H,16,17). The van der Waals surface area contributed by atoms with Crippen LogP contribution in [0.1, 0.15) is 36.5 Å². The van der Waals surface area contributed by atoms with Crippen molar-refractivity contribution in [3.8, 4) is 5.75 Å². The minimum Gasteiger partial charge on any atom is -0.492 e. The van der Waals surface area contributed by atoms with Crippen LogP contribution in [0.25, 0.3) is 0 Å². The summed E-state index contributed by atoms with van der Waals surface area (Å²) in [7, 11) is 0. The lowest BCUT2D eigenvalue weighted by molar-refractivity contribution is 0.0696. The first-order valence-electron chi connectivity index (χ1n) is 6.41. The van der Waals surface area contributed by atoms with Crippen LogP contribution in [-0.2, 0) is 0 Å². The van der Waals surface area contributed by atoms with E-state index in [-0.39, 0.29) is 5.56 Å². The summed E-state index contributed by atoms with van der Waals surface area (Å²) in [5.41, 5.74) is 0.253. The maximum atomic E-state index is 10.8. The van der Waals surface area contributed by atoms with Gasteiger partial charge in [0.15, 0.2) is 0 Å². The van der Waals surface area contributed by atoms with Crippen molar-refractivity contribution in [2.24, 2.45) is 0 Å². The smallest absolute Gasteiger partial charge is 0.335 e. The second kappa shape index (κ2) is 8.53. The number of carboxylic acids is 1. The molecule has 1 rings (SSSR count). The lowest BCUT2D eigenvalue weighted by atomic mass is 10.2. The predicted octanol–water partition coefficient (Wildman–Crippen LogP) is 2.54. The highest BCUT2D eigenvalue weighted by molar-refractivity contribution is 5.87. The summed E-state index contributed by atoms with van der Waals surface area (Å²) < 4.78 is 5.48. The largest absolute Gasteiger partial charge is 0.492 e. The van der Waals surface area contributed by atoms with Crippen LogP contribution in [0.4, 0.5) is 0 Å². The van der Waals surface area contributed by atoms with Gasteiger partial charge >= 0.3 is 5.97 Å². The Kier molecular flexibility index (Phi) is 6.87. The van der Waals surface area contributed by atoms with Crippen molar-refractivity contribution < 1.29 is 14.6 Å². The van der Waals surface area contributed by atoms with E-state index in [2.05, 4.69) is 12.2 Å². The number of unbranched alkanes of at least 4 members (excludes halogenated alkanes) is 2. The zero-order chi connectivity index (χ0) is 13.2. The molecule has 0 spiro atoms. The van der Waals surface area contributed by atoms with Gasteiger partial charge in [0.25, 0.3) is 0 Å². The van der Waals surface area contributed by atoms with E-state index in [0.717, 1.165) is 13.1 Å². The minimum atomic E-state index is -0.932. The third-order valence-electron chi connectivity index (χ3n) is 2.59. The third-order valence-corrected chi connectivity index (χ3v) is 2.59. The highest BCUT2D eigenvalue weighted by atomic mass is 16.5. The summed E-state index contributed by atoms with van der Waals surface area (Å²) in [5.74, 6) is -0.330. The van der Waals surface area contributed by atoms with Crippen molar-refractivity contribution in [3.63, 3.8) is 0 Å². The van der Waals surface area contributed by atoms with Gasteiger partial charge in [-0.05, 0) is 31.2 Å². The van der Waals surface area contributed by atoms with Gasteiger partial charge in [-0.3, -0.25) is 0 Å². The Morgan fingerprint density at radius 2 is 2.17 bits per heavy atom. The molecule has 0 unspecified atom stereocenters. The van der Waals surface area contributed by atoms with E-state index in [9.17, 15) is 4.79 Å². The first-order chi connectivity index (χ1) is 8.74. The fourth-order valence-corrected chi connectivity index (χ4v) is 1.58. The Morgan fingerprint density at radius 1 is 1.33 bits per heavy atom. The van der Waals surface area contributed by atoms with Crippen molar-refractivity contribution in [2.45, 2.75) is 26.2 Å². The normalized spacial score (nSPS) is 10.3. The number of carbonyl (C=O) groups is 1. The van der Waals surface area contributed by atoms with Crippen LogP contribution in [0.5, 0.6) is 5.75 Å². The molecule has 100 valence electrons. The molecule has 2 N–H and O–H groups in total. The van der Waals surface area contributed by atoms with E-state index in [1.165, 1.54) is 19.3 Å². The van der Waals surface area contributed by atoms with Gasteiger partial charge in [-0.25, -0.2) is 4.79 Å². The molecule has 1 aromatic carbocycles. The van der Waals surface area contributed by atoms with Gasteiger partial charge in [0, 0.05) is 6.54 Å². The van der Waals surface area contributed by atoms with Crippen molar-refractivity contribution in [2.75, 3.05) is 19.7 Å². The molecule has 0 fully saturated rings. The van der Waals surface area contributed by atoms with Crippen molar-refractivity contribution in [1.29, 1.82) is 0 Å². The monoisotopic (exact) mass is 251 g/mol. The summed E-state index contributed by atoms with van der Waals surface area (Å²) in [4.78, 5) is 10.8. The summed E-state index contributed by atoms with van der Waals surface area (Å²) >= 11 is 0. The molecule has 0 aromatic heterocycles. The van der Waals surface area contributed by atoms with Crippen LogP contribution in [0, 0.1) is 0 Å². The Labute approximate surface area is 108 Å². The lowest BCUT2D eigenvalue weighted by Crippen LogP contribution is -2.22. The first kappa shape index (κ1) is 14.5. The predicted molar refractivity (Wildman–Crippen MR) is 71.3 cm³/mol. The maximum Gasteiger partial charge on any atom is 0.335 e. The second-order valence-electron chi connectivity index (χ2n) is 4.14. The summed E-state index contributed by atoms with van der Waals surface area (Å²) in [5, 5.41) is 12.1. The molecule has 4 nitrogen and oxygen atoms in total. The van der Waals surface area contributed by atoms with Crippen LogP contribution >= 0.6 is 0 Å². The third kappa shape index (κ3) is 5.68. The number of hydrogen-bond donors (Lipinski definition) is 2. The molecule has 0 saturated carbocycles. The molecule has 0 saturated heterocycles. The molecule has 0 heterocycles. The van der Waals surface area contributed by atoms with Gasteiger partial charge in [0.2, 0.25) is 0 Å². The molecule has 0 amide bonds. The zero-order valence-electron chi connectivity index (χ0n) is 10.8. The van der Waals surface area contributed by atoms with Crippen LogP contribution in [0.3, 0.4) is 0 Å². The van der Waals surface area contributed by atoms with Gasteiger partial charge in [-0.15, -0.1) is 0 Å². The second-order valence-corrected chi connectivity index (χ2v) is 4.14. The molecule has 1 aromatic rings. The summed E-state index contributed by atoms with van der Waals surface area (Å²) in [6, 6.07) is 6.55. The minimum absolute atomic E-state index is 0.253. The van der Waals surface area contributed by atoms with Crippen molar-refractivity contribution >= 4 is 5.97 Å². The van der Waals surface area contributed by atoms with Crippen molar-refractivity contribution in [1.82, 2.24) is 5.32 Å². The Balaban J connectivity index is 2.19. The van der Waals surface area contributed by atoms with E-state index < -0.39 is 5.97 Å². The number of benzene rings is 1. The van der Waals surface area contributed by atoms with Gasteiger partial charge in [-0.2, -0.15) is 0 Å². The quantitative estimate of drug-likeness (QED) is 0.662. The molecular formula is C14H21NO3. The van der Waals surface area contributed by atoms with Crippen LogP contribution in [-0.4, -0.2) is 30.8 Å². The van der Waals surface area contributed by atoms with Crippen LogP contribution in [0.15, 0.2) is 24.3 Å². The molecule has 0 radical (unpaired) electrons. The van der Waals surface area contributed by atoms with Crippen molar-refractivity contribution in [3.05, 3.63) is 29.8 Å². The molecule has 18 heavy (non-hydrogen) atoms.